The van der Waals surface area contributed by atoms with Gasteiger partial charge in [-0.2, -0.15) is 0 Å². The fourth-order valence-electron chi connectivity index (χ4n) is 3.28. The number of nitrogens with zero attached hydrogens (tertiary/aromatic N) is 2. The highest BCUT2D eigenvalue weighted by Crippen LogP contribution is 2.35. The third-order valence-corrected chi connectivity index (χ3v) is 4.22. The Bertz CT molecular complexity index is 589. The third kappa shape index (κ3) is 2.44. The number of nitro benzene ring substituents is 1. The van der Waals surface area contributed by atoms with E-state index in [2.05, 4.69) is 4.90 Å². The van der Waals surface area contributed by atoms with Crippen LogP contribution in [0.1, 0.15) is 29.6 Å². The molecule has 1 aliphatic heterocycles. The number of fused-ring (bicyclic) bond motifs is 1. The third-order valence-electron chi connectivity index (χ3n) is 4.22. The molecule has 1 saturated heterocycles. The first-order valence-corrected chi connectivity index (χ1v) is 6.98. The van der Waals surface area contributed by atoms with Crippen LogP contribution in [0.25, 0.3) is 0 Å². The number of ether oxygens (including phenoxy) is 1. The molecule has 0 radical (unpaired) electrons. The van der Waals surface area contributed by atoms with Gasteiger partial charge in [0.1, 0.15) is 5.56 Å². The molecule has 1 aromatic rings. The van der Waals surface area contributed by atoms with Crippen molar-refractivity contribution in [2.75, 3.05) is 18.1 Å². The van der Waals surface area contributed by atoms with Crippen LogP contribution in [0.2, 0.25) is 0 Å². The van der Waals surface area contributed by atoms with Crippen LogP contribution in [0.3, 0.4) is 0 Å². The largest absolute Gasteiger partial charge is 0.477 e. The summed E-state index contributed by atoms with van der Waals surface area (Å²) in [6, 6.07) is 4.56. The van der Waals surface area contributed by atoms with Gasteiger partial charge >= 0.3 is 5.97 Å². The maximum Gasteiger partial charge on any atom is 0.342 e. The molecule has 1 aliphatic carbocycles. The van der Waals surface area contributed by atoms with Crippen molar-refractivity contribution in [3.05, 3.63) is 33.9 Å². The van der Waals surface area contributed by atoms with E-state index >= 15 is 0 Å². The summed E-state index contributed by atoms with van der Waals surface area (Å²) in [6.07, 6.45) is 3.27. The topological polar surface area (TPSA) is 92.9 Å². The van der Waals surface area contributed by atoms with Crippen molar-refractivity contribution in [2.45, 2.75) is 31.4 Å². The Hall–Kier alpha value is -2.15. The summed E-state index contributed by atoms with van der Waals surface area (Å²) in [5.41, 5.74) is 0.0629. The Labute approximate surface area is 121 Å². The van der Waals surface area contributed by atoms with E-state index in [0.29, 0.717) is 18.8 Å². The molecule has 21 heavy (non-hydrogen) atoms. The number of aromatic carboxylic acids is 1. The minimum absolute atomic E-state index is 0.178. The molecule has 2 unspecified atom stereocenters. The Morgan fingerprint density at radius 2 is 2.24 bits per heavy atom. The highest BCUT2D eigenvalue weighted by atomic mass is 16.6. The minimum Gasteiger partial charge on any atom is -0.477 e. The van der Waals surface area contributed by atoms with Crippen LogP contribution in [0.15, 0.2) is 18.2 Å². The Morgan fingerprint density at radius 3 is 2.95 bits per heavy atom. The summed E-state index contributed by atoms with van der Waals surface area (Å²) in [7, 11) is 0. The van der Waals surface area contributed by atoms with Gasteiger partial charge in [-0.1, -0.05) is 0 Å². The predicted molar refractivity (Wildman–Crippen MR) is 74.8 cm³/mol. The number of morpholine rings is 1. The van der Waals surface area contributed by atoms with E-state index in [1.165, 1.54) is 12.1 Å². The molecule has 1 heterocycles. The molecule has 0 bridgehead atoms. The van der Waals surface area contributed by atoms with Gasteiger partial charge in [0.25, 0.3) is 5.69 Å². The molecule has 1 N–H and O–H groups in total. The van der Waals surface area contributed by atoms with E-state index in [1.807, 2.05) is 0 Å². The van der Waals surface area contributed by atoms with Crippen LogP contribution in [0.5, 0.6) is 0 Å². The standard InChI is InChI=1S/C14H16N2O5/c17-14(18)10-5-4-9(8-12(10)16(19)20)15-6-7-21-13-3-1-2-11(13)15/h4-5,8,11,13H,1-3,6-7H2,(H,17,18). The zero-order chi connectivity index (χ0) is 15.0. The number of carboxylic acids is 1. The number of benzene rings is 1. The van der Waals surface area contributed by atoms with Gasteiger partial charge in [0, 0.05) is 18.3 Å². The van der Waals surface area contributed by atoms with Crippen molar-refractivity contribution in [3.63, 3.8) is 0 Å². The van der Waals surface area contributed by atoms with Gasteiger partial charge in [0.15, 0.2) is 0 Å². The number of nitro groups is 1. The van der Waals surface area contributed by atoms with Crippen LogP contribution in [0.4, 0.5) is 11.4 Å². The fourth-order valence-corrected chi connectivity index (χ4v) is 3.28. The number of rotatable bonds is 3. The molecular weight excluding hydrogens is 276 g/mol. The second kappa shape index (κ2) is 5.33. The lowest BCUT2D eigenvalue weighted by atomic mass is 10.1. The monoisotopic (exact) mass is 292 g/mol. The molecular formula is C14H16N2O5. The second-order valence-corrected chi connectivity index (χ2v) is 5.36. The molecule has 0 aromatic heterocycles. The summed E-state index contributed by atoms with van der Waals surface area (Å²) < 4.78 is 5.72. The number of hydrogen-bond acceptors (Lipinski definition) is 5. The summed E-state index contributed by atoms with van der Waals surface area (Å²) in [6.45, 7) is 1.26. The second-order valence-electron chi connectivity index (χ2n) is 5.36. The van der Waals surface area contributed by atoms with Gasteiger partial charge in [-0.3, -0.25) is 10.1 Å². The first kappa shape index (κ1) is 13.8. The van der Waals surface area contributed by atoms with E-state index in [-0.39, 0.29) is 23.4 Å². The van der Waals surface area contributed by atoms with Gasteiger partial charge in [-0.15, -0.1) is 0 Å². The van der Waals surface area contributed by atoms with Crippen molar-refractivity contribution < 1.29 is 19.6 Å². The van der Waals surface area contributed by atoms with Gasteiger partial charge in [0.05, 0.1) is 23.7 Å². The molecule has 2 fully saturated rings. The van der Waals surface area contributed by atoms with Gasteiger partial charge in [-0.25, -0.2) is 4.79 Å². The molecule has 0 spiro atoms. The maximum absolute atomic E-state index is 11.1. The minimum atomic E-state index is -1.28. The lowest BCUT2D eigenvalue weighted by molar-refractivity contribution is -0.385. The zero-order valence-corrected chi connectivity index (χ0v) is 11.4. The zero-order valence-electron chi connectivity index (χ0n) is 11.4. The van der Waals surface area contributed by atoms with E-state index in [9.17, 15) is 14.9 Å². The van der Waals surface area contributed by atoms with Crippen LogP contribution in [-0.2, 0) is 4.74 Å². The average Bonchev–Trinajstić information content (AvgIpc) is 2.94. The van der Waals surface area contributed by atoms with Crippen LogP contribution in [0, 0.1) is 10.1 Å². The highest BCUT2D eigenvalue weighted by molar-refractivity contribution is 5.93. The number of anilines is 1. The molecule has 3 rings (SSSR count). The number of carboxylic acid groups (broad SMARTS) is 1. The quantitative estimate of drug-likeness (QED) is 0.677. The van der Waals surface area contributed by atoms with Crippen molar-refractivity contribution in [3.8, 4) is 0 Å². The normalized spacial score (nSPS) is 24.7. The Kier molecular flexibility index (Phi) is 3.50. The lowest BCUT2D eigenvalue weighted by Crippen LogP contribution is -2.48. The smallest absolute Gasteiger partial charge is 0.342 e. The van der Waals surface area contributed by atoms with Crippen molar-refractivity contribution in [2.24, 2.45) is 0 Å². The van der Waals surface area contributed by atoms with Gasteiger partial charge in [-0.05, 0) is 31.4 Å². The summed E-state index contributed by atoms with van der Waals surface area (Å²) in [5.74, 6) is -1.28. The molecule has 7 heteroatoms. The van der Waals surface area contributed by atoms with E-state index in [0.717, 1.165) is 19.3 Å². The van der Waals surface area contributed by atoms with E-state index in [1.54, 1.807) is 6.07 Å². The maximum atomic E-state index is 11.1. The van der Waals surface area contributed by atoms with E-state index in [4.69, 9.17) is 9.84 Å². The summed E-state index contributed by atoms with van der Waals surface area (Å²) >= 11 is 0. The highest BCUT2D eigenvalue weighted by Gasteiger charge is 2.36. The number of hydrogen-bond donors (Lipinski definition) is 1. The van der Waals surface area contributed by atoms with Crippen molar-refractivity contribution in [1.82, 2.24) is 0 Å². The average molecular weight is 292 g/mol. The van der Waals surface area contributed by atoms with Crippen LogP contribution >= 0.6 is 0 Å². The fraction of sp³-hybridized carbons (Fsp3) is 0.500. The predicted octanol–water partition coefficient (Wildman–Crippen LogP) is 2.05. The lowest BCUT2D eigenvalue weighted by Gasteiger charge is -2.39. The summed E-state index contributed by atoms with van der Waals surface area (Å²) in [5, 5.41) is 20.1. The van der Waals surface area contributed by atoms with Crippen LogP contribution < -0.4 is 4.90 Å². The Balaban J connectivity index is 1.96. The first-order valence-electron chi connectivity index (χ1n) is 6.98. The van der Waals surface area contributed by atoms with Gasteiger partial charge in [0.2, 0.25) is 0 Å². The number of carbonyl (C=O) groups is 1. The molecule has 2 atom stereocenters. The van der Waals surface area contributed by atoms with E-state index < -0.39 is 10.9 Å². The SMILES string of the molecule is O=C(O)c1ccc(N2CCOC3CCCC32)cc1[N+](=O)[O-]. The molecule has 1 saturated carbocycles. The molecule has 0 amide bonds. The first-order chi connectivity index (χ1) is 10.1. The molecule has 2 aliphatic rings. The van der Waals surface area contributed by atoms with Crippen molar-refractivity contribution in [1.29, 1.82) is 0 Å². The summed E-state index contributed by atoms with van der Waals surface area (Å²) in [4.78, 5) is 23.6. The van der Waals surface area contributed by atoms with Crippen molar-refractivity contribution >= 4 is 17.3 Å². The van der Waals surface area contributed by atoms with Crippen LogP contribution in [-0.4, -0.2) is 41.3 Å². The molecule has 7 nitrogen and oxygen atoms in total. The molecule has 1 aromatic carbocycles. The van der Waals surface area contributed by atoms with Gasteiger partial charge < -0.3 is 14.7 Å². The molecule has 112 valence electrons. The Morgan fingerprint density at radius 1 is 1.43 bits per heavy atom.